The number of rotatable bonds is 6. The highest BCUT2D eigenvalue weighted by atomic mass is 35.5. The summed E-state index contributed by atoms with van der Waals surface area (Å²) in [5.41, 5.74) is 2.11. The lowest BCUT2D eigenvalue weighted by Crippen LogP contribution is -2.23. The van der Waals surface area contributed by atoms with Crippen LogP contribution in [0.2, 0.25) is 5.02 Å². The van der Waals surface area contributed by atoms with Gasteiger partial charge in [0.05, 0.1) is 19.9 Å². The lowest BCUT2D eigenvalue weighted by atomic mass is 10.2. The highest BCUT2D eigenvalue weighted by Gasteiger charge is 2.11. The molecule has 3 aromatic rings. The van der Waals surface area contributed by atoms with Gasteiger partial charge >= 0.3 is 0 Å². The van der Waals surface area contributed by atoms with Crippen LogP contribution >= 0.6 is 11.6 Å². The van der Waals surface area contributed by atoms with E-state index in [2.05, 4.69) is 15.6 Å². The molecule has 128 valence electrons. The van der Waals surface area contributed by atoms with E-state index >= 15 is 0 Å². The van der Waals surface area contributed by atoms with Crippen LogP contribution in [0.5, 0.6) is 5.75 Å². The minimum absolute atomic E-state index is 0.259. The first kappa shape index (κ1) is 17.0. The van der Waals surface area contributed by atoms with E-state index < -0.39 is 0 Å². The van der Waals surface area contributed by atoms with Crippen molar-refractivity contribution in [3.05, 3.63) is 76.6 Å². The Morgan fingerprint density at radius 3 is 2.88 bits per heavy atom. The molecule has 0 bridgehead atoms. The molecule has 3 rings (SSSR count). The number of hydrogen-bond acceptors (Lipinski definition) is 4. The Balaban J connectivity index is 1.61. The molecular weight excluding hydrogens is 340 g/mol. The number of carbonyl (C=O) groups excluding carboxylic acids is 1. The first-order chi connectivity index (χ1) is 12.2. The van der Waals surface area contributed by atoms with E-state index in [-0.39, 0.29) is 11.6 Å². The van der Waals surface area contributed by atoms with E-state index in [0.717, 1.165) is 16.9 Å². The Kier molecular flexibility index (Phi) is 5.30. The summed E-state index contributed by atoms with van der Waals surface area (Å²) in [5.74, 6) is 0.464. The van der Waals surface area contributed by atoms with Gasteiger partial charge in [-0.1, -0.05) is 47.1 Å². The van der Waals surface area contributed by atoms with Crippen LogP contribution in [0.3, 0.4) is 0 Å². The molecule has 25 heavy (non-hydrogen) atoms. The largest absolute Gasteiger partial charge is 0.497 e. The molecule has 0 aliphatic rings. The summed E-state index contributed by atoms with van der Waals surface area (Å²) in [7, 11) is 1.61. The van der Waals surface area contributed by atoms with Crippen molar-refractivity contribution >= 4 is 17.5 Å². The van der Waals surface area contributed by atoms with Gasteiger partial charge in [0.2, 0.25) is 0 Å². The third-order valence-electron chi connectivity index (χ3n) is 3.65. The molecule has 1 N–H and O–H groups in total. The van der Waals surface area contributed by atoms with Gasteiger partial charge in [-0.05, 0) is 29.3 Å². The van der Waals surface area contributed by atoms with Gasteiger partial charge in [0.15, 0.2) is 5.69 Å². The molecule has 7 heteroatoms. The fraction of sp³-hybridized carbons (Fsp3) is 0.167. The van der Waals surface area contributed by atoms with Crippen molar-refractivity contribution < 1.29 is 9.53 Å². The number of ether oxygens (including phenoxy) is 1. The fourth-order valence-corrected chi connectivity index (χ4v) is 2.53. The van der Waals surface area contributed by atoms with E-state index in [1.54, 1.807) is 18.0 Å². The maximum Gasteiger partial charge on any atom is 0.273 e. The predicted molar refractivity (Wildman–Crippen MR) is 94.7 cm³/mol. The van der Waals surface area contributed by atoms with E-state index in [0.29, 0.717) is 18.1 Å². The Bertz CT molecular complexity index is 879. The van der Waals surface area contributed by atoms with Crippen LogP contribution in [0.4, 0.5) is 0 Å². The maximum absolute atomic E-state index is 12.2. The molecule has 0 fully saturated rings. The van der Waals surface area contributed by atoms with Crippen molar-refractivity contribution in [1.82, 2.24) is 20.3 Å². The van der Waals surface area contributed by atoms with Crippen molar-refractivity contribution in [2.45, 2.75) is 13.1 Å². The number of halogens is 1. The number of methoxy groups -OCH3 is 1. The molecule has 0 aliphatic heterocycles. The molecule has 0 aliphatic carbocycles. The minimum atomic E-state index is -0.284. The zero-order valence-corrected chi connectivity index (χ0v) is 14.4. The second-order valence-electron chi connectivity index (χ2n) is 5.43. The zero-order valence-electron chi connectivity index (χ0n) is 13.6. The number of aromatic nitrogens is 3. The van der Waals surface area contributed by atoms with Crippen LogP contribution < -0.4 is 10.1 Å². The Labute approximate surface area is 150 Å². The SMILES string of the molecule is COc1cccc(CNC(=O)c2cn(Cc3ccccc3Cl)nn2)c1. The summed E-state index contributed by atoms with van der Waals surface area (Å²) in [6.07, 6.45) is 1.60. The fourth-order valence-electron chi connectivity index (χ4n) is 2.34. The highest BCUT2D eigenvalue weighted by Crippen LogP contribution is 2.16. The molecule has 0 atom stereocenters. The molecule has 6 nitrogen and oxygen atoms in total. The summed E-state index contributed by atoms with van der Waals surface area (Å²) in [4.78, 5) is 12.2. The number of nitrogens with zero attached hydrogens (tertiary/aromatic N) is 3. The van der Waals surface area contributed by atoms with Gasteiger partial charge in [0, 0.05) is 11.6 Å². The Morgan fingerprint density at radius 2 is 2.08 bits per heavy atom. The van der Waals surface area contributed by atoms with Crippen molar-refractivity contribution in [3.8, 4) is 5.75 Å². The summed E-state index contributed by atoms with van der Waals surface area (Å²) >= 11 is 6.13. The van der Waals surface area contributed by atoms with Gasteiger partial charge in [-0.2, -0.15) is 0 Å². The van der Waals surface area contributed by atoms with Gasteiger partial charge < -0.3 is 10.1 Å². The normalized spacial score (nSPS) is 10.5. The standard InChI is InChI=1S/C18H17ClN4O2/c1-25-15-7-4-5-13(9-15)10-20-18(24)17-12-23(22-21-17)11-14-6-2-3-8-16(14)19/h2-9,12H,10-11H2,1H3,(H,20,24). The third-order valence-corrected chi connectivity index (χ3v) is 4.02. The van der Waals surface area contributed by atoms with E-state index in [1.807, 2.05) is 48.5 Å². The second-order valence-corrected chi connectivity index (χ2v) is 5.83. The monoisotopic (exact) mass is 356 g/mol. The smallest absolute Gasteiger partial charge is 0.273 e. The maximum atomic E-state index is 12.2. The number of carbonyl (C=O) groups is 1. The van der Waals surface area contributed by atoms with Crippen LogP contribution in [0.15, 0.2) is 54.7 Å². The zero-order chi connectivity index (χ0) is 17.6. The molecule has 1 amide bonds. The molecule has 0 unspecified atom stereocenters. The molecule has 0 saturated carbocycles. The van der Waals surface area contributed by atoms with E-state index in [9.17, 15) is 4.79 Å². The van der Waals surface area contributed by atoms with Crippen LogP contribution in [0.25, 0.3) is 0 Å². The van der Waals surface area contributed by atoms with Crippen molar-refractivity contribution in [3.63, 3.8) is 0 Å². The van der Waals surface area contributed by atoms with Crippen molar-refractivity contribution in [2.24, 2.45) is 0 Å². The molecular formula is C18H17ClN4O2. The average molecular weight is 357 g/mol. The topological polar surface area (TPSA) is 69.0 Å². The molecule has 0 saturated heterocycles. The van der Waals surface area contributed by atoms with Crippen LogP contribution in [-0.2, 0) is 13.1 Å². The average Bonchev–Trinajstić information content (AvgIpc) is 3.10. The third kappa shape index (κ3) is 4.36. The number of benzene rings is 2. The second kappa shape index (κ2) is 7.81. The van der Waals surface area contributed by atoms with Gasteiger partial charge in [-0.3, -0.25) is 4.79 Å². The number of hydrogen-bond donors (Lipinski definition) is 1. The van der Waals surface area contributed by atoms with Crippen LogP contribution in [-0.4, -0.2) is 28.0 Å². The first-order valence-electron chi connectivity index (χ1n) is 7.70. The number of amides is 1. The van der Waals surface area contributed by atoms with Crippen molar-refractivity contribution in [1.29, 1.82) is 0 Å². The van der Waals surface area contributed by atoms with Gasteiger partial charge in [-0.15, -0.1) is 5.10 Å². The molecule has 1 aromatic heterocycles. The molecule has 2 aromatic carbocycles. The predicted octanol–water partition coefficient (Wildman–Crippen LogP) is 2.92. The summed E-state index contributed by atoms with van der Waals surface area (Å²) in [6, 6.07) is 15.0. The van der Waals surface area contributed by atoms with Crippen LogP contribution in [0, 0.1) is 0 Å². The quantitative estimate of drug-likeness (QED) is 0.737. The highest BCUT2D eigenvalue weighted by molar-refractivity contribution is 6.31. The van der Waals surface area contributed by atoms with Gasteiger partial charge in [-0.25, -0.2) is 4.68 Å². The summed E-state index contributed by atoms with van der Waals surface area (Å²) in [6.45, 7) is 0.837. The van der Waals surface area contributed by atoms with Gasteiger partial charge in [0.1, 0.15) is 5.75 Å². The van der Waals surface area contributed by atoms with Crippen LogP contribution in [0.1, 0.15) is 21.6 Å². The number of nitrogens with one attached hydrogen (secondary N) is 1. The molecule has 1 heterocycles. The first-order valence-corrected chi connectivity index (χ1v) is 8.08. The lowest BCUT2D eigenvalue weighted by molar-refractivity contribution is 0.0945. The van der Waals surface area contributed by atoms with Crippen molar-refractivity contribution in [2.75, 3.05) is 7.11 Å². The summed E-state index contributed by atoms with van der Waals surface area (Å²) < 4.78 is 6.75. The van der Waals surface area contributed by atoms with E-state index in [4.69, 9.17) is 16.3 Å². The lowest BCUT2D eigenvalue weighted by Gasteiger charge is -2.05. The van der Waals surface area contributed by atoms with E-state index in [1.165, 1.54) is 0 Å². The molecule has 0 radical (unpaired) electrons. The Hall–Kier alpha value is -2.86. The van der Waals surface area contributed by atoms with Gasteiger partial charge in [0.25, 0.3) is 5.91 Å². The molecule has 0 spiro atoms. The summed E-state index contributed by atoms with van der Waals surface area (Å²) in [5, 5.41) is 11.4. The minimum Gasteiger partial charge on any atom is -0.497 e. The Morgan fingerprint density at radius 1 is 1.24 bits per heavy atom.